The summed E-state index contributed by atoms with van der Waals surface area (Å²) in [7, 11) is 0. The van der Waals surface area contributed by atoms with E-state index in [2.05, 4.69) is 70.5 Å². The number of amidine groups is 1. The fraction of sp³-hybridized carbons (Fsp3) is 0.0769. The molecular formula is C26H22N4. The Morgan fingerprint density at radius 3 is 2.03 bits per heavy atom. The van der Waals surface area contributed by atoms with Gasteiger partial charge >= 0.3 is 0 Å². The fourth-order valence-corrected chi connectivity index (χ4v) is 3.71. The lowest BCUT2D eigenvalue weighted by Gasteiger charge is -2.18. The van der Waals surface area contributed by atoms with E-state index in [1.165, 1.54) is 5.56 Å². The van der Waals surface area contributed by atoms with Crippen molar-refractivity contribution in [2.24, 2.45) is 4.99 Å². The lowest BCUT2D eigenvalue weighted by atomic mass is 10.1. The molecule has 0 spiro atoms. The Morgan fingerprint density at radius 2 is 1.40 bits per heavy atom. The highest BCUT2D eigenvalue weighted by molar-refractivity contribution is 6.01. The zero-order valence-electron chi connectivity index (χ0n) is 16.6. The molecule has 0 aliphatic carbocycles. The molecule has 0 atom stereocenters. The van der Waals surface area contributed by atoms with E-state index >= 15 is 0 Å². The molecule has 2 heterocycles. The highest BCUT2D eigenvalue weighted by Crippen LogP contribution is 2.26. The molecule has 4 heteroatoms. The van der Waals surface area contributed by atoms with Crippen molar-refractivity contribution in [3.05, 3.63) is 120 Å². The number of aromatic nitrogens is 2. The Labute approximate surface area is 176 Å². The third-order valence-electron chi connectivity index (χ3n) is 5.23. The predicted molar refractivity (Wildman–Crippen MR) is 122 cm³/mol. The molecule has 0 saturated carbocycles. The van der Waals surface area contributed by atoms with E-state index in [0.717, 1.165) is 40.6 Å². The first-order valence-electron chi connectivity index (χ1n) is 10.1. The van der Waals surface area contributed by atoms with Gasteiger partial charge in [0.05, 0.1) is 18.4 Å². The maximum absolute atomic E-state index is 4.80. The summed E-state index contributed by atoms with van der Waals surface area (Å²) in [4.78, 5) is 9.57. The molecule has 3 aromatic carbocycles. The summed E-state index contributed by atoms with van der Waals surface area (Å²) in [5, 5.41) is 3.36. The molecule has 146 valence electrons. The first-order valence-corrected chi connectivity index (χ1v) is 10.1. The van der Waals surface area contributed by atoms with E-state index in [1.807, 2.05) is 42.7 Å². The first kappa shape index (κ1) is 18.1. The number of imidazole rings is 1. The van der Waals surface area contributed by atoms with Gasteiger partial charge in [-0.25, -0.2) is 4.98 Å². The molecule has 0 radical (unpaired) electrons. The molecule has 0 fully saturated rings. The number of rotatable bonds is 5. The second-order valence-electron chi connectivity index (χ2n) is 7.25. The highest BCUT2D eigenvalue weighted by atomic mass is 15.1. The molecule has 5 rings (SSSR count). The van der Waals surface area contributed by atoms with Crippen LogP contribution in [0.5, 0.6) is 0 Å². The largest absolute Gasteiger partial charge is 0.346 e. The van der Waals surface area contributed by atoms with Gasteiger partial charge in [0, 0.05) is 23.9 Å². The number of hydrogen-bond acceptors (Lipinski definition) is 3. The minimum atomic E-state index is 0.595. The van der Waals surface area contributed by atoms with E-state index in [-0.39, 0.29) is 0 Å². The van der Waals surface area contributed by atoms with Crippen molar-refractivity contribution in [1.82, 2.24) is 14.9 Å². The summed E-state index contributed by atoms with van der Waals surface area (Å²) in [5.41, 5.74) is 5.67. The third kappa shape index (κ3) is 3.67. The Balaban J connectivity index is 1.50. The Morgan fingerprint density at radius 1 is 0.767 bits per heavy atom. The van der Waals surface area contributed by atoms with Crippen LogP contribution in [0.1, 0.15) is 17.0 Å². The maximum Gasteiger partial charge on any atom is 0.139 e. The SMILES string of the molecule is C1=C(c2ncc(-c3ccccc3)n2Cc2ccccc2)CN=C(c2ccccc2)N1. The predicted octanol–water partition coefficient (Wildman–Crippen LogP) is 4.99. The molecule has 0 saturated heterocycles. The van der Waals surface area contributed by atoms with E-state index < -0.39 is 0 Å². The van der Waals surface area contributed by atoms with Crippen LogP contribution < -0.4 is 5.32 Å². The van der Waals surface area contributed by atoms with Gasteiger partial charge in [0.25, 0.3) is 0 Å². The van der Waals surface area contributed by atoms with Crippen molar-refractivity contribution in [2.45, 2.75) is 6.54 Å². The number of nitrogens with one attached hydrogen (secondary N) is 1. The van der Waals surface area contributed by atoms with Crippen LogP contribution in [0.25, 0.3) is 16.8 Å². The minimum Gasteiger partial charge on any atom is -0.346 e. The standard InChI is InChI=1S/C26H22N4/c1-4-10-20(11-5-1)19-30-24(21-12-6-2-7-13-21)18-29-26(30)23-16-27-25(28-17-23)22-14-8-3-9-15-22/h1-16,18H,17,19H2,(H,27,28). The van der Waals surface area contributed by atoms with Gasteiger partial charge in [-0.15, -0.1) is 0 Å². The highest BCUT2D eigenvalue weighted by Gasteiger charge is 2.18. The van der Waals surface area contributed by atoms with Crippen LogP contribution in [0.15, 0.2) is 108 Å². The van der Waals surface area contributed by atoms with Crippen LogP contribution in [-0.2, 0) is 6.54 Å². The van der Waals surface area contributed by atoms with Crippen LogP contribution in [-0.4, -0.2) is 21.9 Å². The van der Waals surface area contributed by atoms with Crippen molar-refractivity contribution >= 4 is 11.4 Å². The van der Waals surface area contributed by atoms with Gasteiger partial charge in [-0.05, 0) is 11.1 Å². The molecule has 4 aromatic rings. The van der Waals surface area contributed by atoms with Crippen LogP contribution in [0.4, 0.5) is 0 Å². The van der Waals surface area contributed by atoms with Crippen molar-refractivity contribution in [2.75, 3.05) is 6.54 Å². The molecule has 4 nitrogen and oxygen atoms in total. The molecule has 0 amide bonds. The van der Waals surface area contributed by atoms with Gasteiger partial charge in [0.2, 0.25) is 0 Å². The van der Waals surface area contributed by atoms with Crippen LogP contribution in [0.3, 0.4) is 0 Å². The topological polar surface area (TPSA) is 42.2 Å². The lowest BCUT2D eigenvalue weighted by Crippen LogP contribution is -2.24. The summed E-state index contributed by atoms with van der Waals surface area (Å²) in [6.07, 6.45) is 4.00. The van der Waals surface area contributed by atoms with Gasteiger partial charge in [0.1, 0.15) is 11.7 Å². The van der Waals surface area contributed by atoms with Gasteiger partial charge in [-0.1, -0.05) is 91.0 Å². The van der Waals surface area contributed by atoms with Gasteiger partial charge in [-0.2, -0.15) is 0 Å². The van der Waals surface area contributed by atoms with Crippen molar-refractivity contribution in [3.63, 3.8) is 0 Å². The zero-order chi connectivity index (χ0) is 20.2. The second-order valence-corrected chi connectivity index (χ2v) is 7.25. The van der Waals surface area contributed by atoms with E-state index in [9.17, 15) is 0 Å². The van der Waals surface area contributed by atoms with E-state index in [0.29, 0.717) is 6.54 Å². The fourth-order valence-electron chi connectivity index (χ4n) is 3.71. The third-order valence-corrected chi connectivity index (χ3v) is 5.23. The lowest BCUT2D eigenvalue weighted by molar-refractivity contribution is 0.785. The maximum atomic E-state index is 4.80. The molecule has 1 aromatic heterocycles. The molecule has 0 bridgehead atoms. The first-order chi connectivity index (χ1) is 14.9. The number of nitrogens with zero attached hydrogens (tertiary/aromatic N) is 3. The van der Waals surface area contributed by atoms with Crippen LogP contribution in [0.2, 0.25) is 0 Å². The second kappa shape index (κ2) is 8.21. The van der Waals surface area contributed by atoms with Gasteiger partial charge in [0.15, 0.2) is 0 Å². The van der Waals surface area contributed by atoms with E-state index in [4.69, 9.17) is 9.98 Å². The Kier molecular flexibility index (Phi) is 4.96. The van der Waals surface area contributed by atoms with Gasteiger partial charge < -0.3 is 9.88 Å². The smallest absolute Gasteiger partial charge is 0.139 e. The Bertz CT molecular complexity index is 1190. The summed E-state index contributed by atoms with van der Waals surface area (Å²) in [6, 6.07) is 31.1. The van der Waals surface area contributed by atoms with Crippen LogP contribution >= 0.6 is 0 Å². The van der Waals surface area contributed by atoms with E-state index in [1.54, 1.807) is 0 Å². The number of aliphatic imine (C=N–C) groups is 1. The molecular weight excluding hydrogens is 368 g/mol. The van der Waals surface area contributed by atoms with Crippen LogP contribution in [0, 0.1) is 0 Å². The zero-order valence-corrected chi connectivity index (χ0v) is 16.6. The van der Waals surface area contributed by atoms with Crippen molar-refractivity contribution in [1.29, 1.82) is 0 Å². The molecule has 30 heavy (non-hydrogen) atoms. The summed E-state index contributed by atoms with van der Waals surface area (Å²) in [6.45, 7) is 1.35. The van der Waals surface area contributed by atoms with Crippen molar-refractivity contribution in [3.8, 4) is 11.3 Å². The Hall–Kier alpha value is -3.92. The summed E-state index contributed by atoms with van der Waals surface area (Å²) < 4.78 is 2.28. The average molecular weight is 390 g/mol. The van der Waals surface area contributed by atoms with Gasteiger partial charge in [-0.3, -0.25) is 4.99 Å². The normalized spacial score (nSPS) is 13.3. The molecule has 1 aliphatic rings. The minimum absolute atomic E-state index is 0.595. The summed E-state index contributed by atoms with van der Waals surface area (Å²) in [5.74, 6) is 1.84. The molecule has 1 N–H and O–H groups in total. The number of hydrogen-bond donors (Lipinski definition) is 1. The monoisotopic (exact) mass is 390 g/mol. The molecule has 0 unspecified atom stereocenters. The quantitative estimate of drug-likeness (QED) is 0.522. The summed E-state index contributed by atoms with van der Waals surface area (Å²) >= 11 is 0. The average Bonchev–Trinajstić information content (AvgIpc) is 3.24. The van der Waals surface area contributed by atoms with Crippen molar-refractivity contribution < 1.29 is 0 Å². The number of benzene rings is 3. The molecule has 1 aliphatic heterocycles.